The average Bonchev–Trinajstić information content (AvgIpc) is 3.20. The molecule has 0 radical (unpaired) electrons. The van der Waals surface area contributed by atoms with E-state index in [1.54, 1.807) is 4.90 Å². The van der Waals surface area contributed by atoms with Gasteiger partial charge in [-0.3, -0.25) is 9.59 Å². The maximum atomic E-state index is 13.7. The molecule has 1 atom stereocenters. The Balaban J connectivity index is 1.43. The lowest BCUT2D eigenvalue weighted by molar-refractivity contribution is -0.123. The summed E-state index contributed by atoms with van der Waals surface area (Å²) in [6.07, 6.45) is 4.88. The molecule has 1 aliphatic carbocycles. The molecule has 0 spiro atoms. The molecule has 7 nitrogen and oxygen atoms in total. The number of nitrogens with zero attached hydrogens (tertiary/aromatic N) is 2. The Morgan fingerprint density at radius 2 is 1.78 bits per heavy atom. The van der Waals surface area contributed by atoms with Crippen LogP contribution in [0.15, 0.2) is 10.9 Å². The third-order valence-electron chi connectivity index (χ3n) is 8.47. The zero-order chi connectivity index (χ0) is 25.9. The summed E-state index contributed by atoms with van der Waals surface area (Å²) >= 11 is 6.89. The number of aromatic nitrogens is 1. The fourth-order valence-corrected chi connectivity index (χ4v) is 6.54. The van der Waals surface area contributed by atoms with Gasteiger partial charge >= 0.3 is 0 Å². The maximum Gasteiger partial charge on any atom is 0.256 e. The molecule has 2 aromatic rings. The van der Waals surface area contributed by atoms with Gasteiger partial charge in [0.15, 0.2) is 11.5 Å². The number of hydrogen-bond donors (Lipinski definition) is 1. The first kappa shape index (κ1) is 25.2. The number of hydrogen-bond acceptors (Lipinski definition) is 5. The second kappa shape index (κ2) is 9.10. The summed E-state index contributed by atoms with van der Waals surface area (Å²) in [5.41, 5.74) is 4.45. The van der Waals surface area contributed by atoms with Gasteiger partial charge in [-0.2, -0.15) is 0 Å². The normalized spacial score (nSPS) is 25.4. The first-order chi connectivity index (χ1) is 17.0. The van der Waals surface area contributed by atoms with Gasteiger partial charge in [-0.1, -0.05) is 11.6 Å². The Labute approximate surface area is 217 Å². The summed E-state index contributed by atoms with van der Waals surface area (Å²) < 4.78 is 13.0. The van der Waals surface area contributed by atoms with Crippen LogP contribution in [-0.2, 0) is 13.0 Å². The van der Waals surface area contributed by atoms with Crippen LogP contribution in [0.5, 0.6) is 11.5 Å². The zero-order valence-corrected chi connectivity index (χ0v) is 22.8. The second-order valence-electron chi connectivity index (χ2n) is 11.1. The van der Waals surface area contributed by atoms with Gasteiger partial charge < -0.3 is 24.3 Å². The Morgan fingerprint density at radius 1 is 1.11 bits per heavy atom. The predicted octanol–water partition coefficient (Wildman–Crippen LogP) is 4.76. The molecular formula is C28H36ClN3O4. The van der Waals surface area contributed by atoms with Crippen molar-refractivity contribution in [3.63, 3.8) is 0 Å². The van der Waals surface area contributed by atoms with Crippen LogP contribution < -0.4 is 15.0 Å². The van der Waals surface area contributed by atoms with Crippen LogP contribution in [0.25, 0.3) is 0 Å². The molecular weight excluding hydrogens is 478 g/mol. The van der Waals surface area contributed by atoms with Gasteiger partial charge in [-0.25, -0.2) is 0 Å². The number of carbonyl (C=O) groups is 1. The van der Waals surface area contributed by atoms with Crippen LogP contribution in [0.3, 0.4) is 0 Å². The van der Waals surface area contributed by atoms with E-state index in [2.05, 4.69) is 24.0 Å². The van der Waals surface area contributed by atoms with Crippen molar-refractivity contribution in [1.29, 1.82) is 0 Å². The van der Waals surface area contributed by atoms with Crippen molar-refractivity contribution >= 4 is 17.5 Å². The van der Waals surface area contributed by atoms with Gasteiger partial charge in [-0.05, 0) is 89.7 Å². The average molecular weight is 514 g/mol. The van der Waals surface area contributed by atoms with E-state index in [9.17, 15) is 9.59 Å². The number of halogens is 1. The number of carbonyl (C=O) groups excluding carboxylic acids is 1. The van der Waals surface area contributed by atoms with Crippen LogP contribution in [0, 0.1) is 26.7 Å². The lowest BCUT2D eigenvalue weighted by Crippen LogP contribution is -2.46. The van der Waals surface area contributed by atoms with E-state index in [1.807, 2.05) is 33.8 Å². The first-order valence-corrected chi connectivity index (χ1v) is 13.3. The number of benzene rings is 1. The molecule has 0 bridgehead atoms. The van der Waals surface area contributed by atoms with Crippen LogP contribution in [0.4, 0.5) is 0 Å². The monoisotopic (exact) mass is 513 g/mol. The lowest BCUT2D eigenvalue weighted by Gasteiger charge is -2.39. The highest BCUT2D eigenvalue weighted by atomic mass is 35.5. The molecule has 1 amide bonds. The molecule has 1 unspecified atom stereocenters. The topological polar surface area (TPSA) is 74.9 Å². The van der Waals surface area contributed by atoms with Crippen LogP contribution in [0.2, 0.25) is 5.02 Å². The lowest BCUT2D eigenvalue weighted by atomic mass is 9.81. The fourth-order valence-electron chi connectivity index (χ4n) is 6.23. The summed E-state index contributed by atoms with van der Waals surface area (Å²) in [6, 6.07) is 2.51. The van der Waals surface area contributed by atoms with Crippen molar-refractivity contribution in [2.75, 3.05) is 20.6 Å². The van der Waals surface area contributed by atoms with E-state index in [1.165, 1.54) is 0 Å². The minimum Gasteiger partial charge on any atom is -0.448 e. The van der Waals surface area contributed by atoms with Gasteiger partial charge in [0.25, 0.3) is 17.3 Å². The van der Waals surface area contributed by atoms with E-state index in [4.69, 9.17) is 21.1 Å². The molecule has 36 heavy (non-hydrogen) atoms. The third-order valence-corrected chi connectivity index (χ3v) is 8.83. The van der Waals surface area contributed by atoms with Crippen molar-refractivity contribution in [3.8, 4) is 11.5 Å². The molecule has 3 heterocycles. The number of pyridine rings is 1. The highest BCUT2D eigenvalue weighted by molar-refractivity contribution is 6.36. The molecule has 1 aromatic carbocycles. The molecule has 2 aliphatic heterocycles. The van der Waals surface area contributed by atoms with Crippen LogP contribution in [-0.4, -0.2) is 53.2 Å². The van der Waals surface area contributed by atoms with E-state index in [0.29, 0.717) is 46.7 Å². The summed E-state index contributed by atoms with van der Waals surface area (Å²) in [5.74, 6) is 0.424. The Hall–Kier alpha value is -2.51. The number of nitrogens with one attached hydrogen (secondary N) is 1. The largest absolute Gasteiger partial charge is 0.448 e. The summed E-state index contributed by atoms with van der Waals surface area (Å²) in [4.78, 5) is 33.1. The zero-order valence-electron chi connectivity index (χ0n) is 22.1. The number of aromatic amines is 1. The fraction of sp³-hybridized carbons (Fsp3) is 0.571. The van der Waals surface area contributed by atoms with Crippen molar-refractivity contribution in [2.45, 2.75) is 78.2 Å². The third kappa shape index (κ3) is 4.10. The van der Waals surface area contributed by atoms with E-state index >= 15 is 0 Å². The minimum atomic E-state index is -0.799. The molecule has 1 aromatic heterocycles. The molecule has 1 N–H and O–H groups in total. The van der Waals surface area contributed by atoms with E-state index in [-0.39, 0.29) is 23.9 Å². The van der Waals surface area contributed by atoms with Gasteiger partial charge in [-0.15, -0.1) is 0 Å². The van der Waals surface area contributed by atoms with Gasteiger partial charge in [0.1, 0.15) is 0 Å². The molecule has 1 fully saturated rings. The van der Waals surface area contributed by atoms with Crippen LogP contribution >= 0.6 is 11.6 Å². The molecule has 1 saturated carbocycles. The maximum absolute atomic E-state index is 13.7. The minimum absolute atomic E-state index is 0.154. The van der Waals surface area contributed by atoms with Crippen LogP contribution in [0.1, 0.15) is 70.9 Å². The Kier molecular flexibility index (Phi) is 6.36. The van der Waals surface area contributed by atoms with Gasteiger partial charge in [0.2, 0.25) is 0 Å². The number of aryl methyl sites for hydroxylation is 2. The smallest absolute Gasteiger partial charge is 0.256 e. The van der Waals surface area contributed by atoms with Crippen molar-refractivity contribution < 1.29 is 14.3 Å². The van der Waals surface area contributed by atoms with Crippen molar-refractivity contribution in [2.24, 2.45) is 5.92 Å². The standard InChI is InChI=1S/C28H36ClN3O4/c1-15-13-16(2)30-26(33)21(15)14-32-12-11-20-17(3)24-25(23(29)22(20)27(32)34)36-28(4,35-24)18-7-9-19(10-8-18)31(5)6/h13,18-19H,7-12,14H2,1-6H3,(H,30,33)/t18-,19-,28?. The molecule has 5 rings (SSSR count). The number of amides is 1. The first-order valence-electron chi connectivity index (χ1n) is 12.9. The number of rotatable bonds is 4. The SMILES string of the molecule is Cc1cc(C)c(CN2CCc3c(C)c4c(c(Cl)c3C2=O)OC(C)([C@H]2CC[C@H](N(C)C)CC2)O4)c(=O)[nH]1. The molecule has 194 valence electrons. The number of H-pyrrole nitrogens is 1. The predicted molar refractivity (Wildman–Crippen MR) is 140 cm³/mol. The summed E-state index contributed by atoms with van der Waals surface area (Å²) in [5, 5.41) is 0.320. The van der Waals surface area contributed by atoms with Gasteiger partial charge in [0, 0.05) is 36.7 Å². The number of ether oxygens (including phenoxy) is 2. The van der Waals surface area contributed by atoms with Crippen molar-refractivity contribution in [1.82, 2.24) is 14.8 Å². The van der Waals surface area contributed by atoms with E-state index in [0.717, 1.165) is 48.1 Å². The molecule has 8 heteroatoms. The van der Waals surface area contributed by atoms with Crippen molar-refractivity contribution in [3.05, 3.63) is 55.0 Å². The molecule has 0 saturated heterocycles. The van der Waals surface area contributed by atoms with E-state index < -0.39 is 5.79 Å². The quantitative estimate of drug-likeness (QED) is 0.638. The van der Waals surface area contributed by atoms with Gasteiger partial charge in [0.05, 0.1) is 17.1 Å². The summed E-state index contributed by atoms with van der Waals surface area (Å²) in [6.45, 7) is 8.51. The second-order valence-corrected chi connectivity index (χ2v) is 11.4. The summed E-state index contributed by atoms with van der Waals surface area (Å²) in [7, 11) is 4.27. The Morgan fingerprint density at radius 3 is 2.42 bits per heavy atom. The highest BCUT2D eigenvalue weighted by Gasteiger charge is 2.48. The molecule has 3 aliphatic rings. The highest BCUT2D eigenvalue weighted by Crippen LogP contribution is 2.53. The number of fused-ring (bicyclic) bond motifs is 2. The Bertz CT molecular complexity index is 1280.